The predicted octanol–water partition coefficient (Wildman–Crippen LogP) is 19.0. The van der Waals surface area contributed by atoms with Crippen molar-refractivity contribution in [1.29, 1.82) is 0 Å². The maximum absolute atomic E-state index is 13.3. The first-order chi connectivity index (χ1) is 56.3. The van der Waals surface area contributed by atoms with Gasteiger partial charge in [0.05, 0.1) is 30.2 Å². The molecule has 0 saturated carbocycles. The molecule has 0 aliphatic carbocycles. The molecule has 1 aromatic carbocycles. The summed E-state index contributed by atoms with van der Waals surface area (Å²) < 4.78 is 0. The zero-order valence-electron chi connectivity index (χ0n) is 87.9. The normalized spacial score (nSPS) is 15.1. The third-order valence-electron chi connectivity index (χ3n) is 20.9. The van der Waals surface area contributed by atoms with E-state index < -0.39 is 21.7 Å². The minimum absolute atomic E-state index is 0.0730. The summed E-state index contributed by atoms with van der Waals surface area (Å²) in [6.45, 7) is 83.2. The maximum atomic E-state index is 13.3. The molecule has 0 spiro atoms. The average molecular weight is 1760 g/mol. The summed E-state index contributed by atoms with van der Waals surface area (Å²) in [6, 6.07) is 8.85. The van der Waals surface area contributed by atoms with Crippen molar-refractivity contribution in [3.63, 3.8) is 0 Å². The first kappa shape index (κ1) is 126. The van der Waals surface area contributed by atoms with Gasteiger partial charge in [-0.25, -0.2) is 0 Å². The van der Waals surface area contributed by atoms with Crippen LogP contribution in [0.15, 0.2) is 30.3 Å². The quantitative estimate of drug-likeness (QED) is 0.0274. The summed E-state index contributed by atoms with van der Waals surface area (Å²) in [5.41, 5.74) is 9.35. The molecule has 11 N–H and O–H groups in total. The molecule has 125 heavy (non-hydrogen) atoms. The van der Waals surface area contributed by atoms with Gasteiger partial charge in [-0.15, -0.1) is 0 Å². The van der Waals surface area contributed by atoms with Gasteiger partial charge in [0.1, 0.15) is 34.7 Å². The van der Waals surface area contributed by atoms with Crippen LogP contribution >= 0.6 is 0 Å². The summed E-state index contributed by atoms with van der Waals surface area (Å²) in [5, 5.41) is 22.6. The van der Waals surface area contributed by atoms with E-state index in [0.717, 1.165) is 50.5 Å². The van der Waals surface area contributed by atoms with E-state index in [1.54, 1.807) is 0 Å². The molecule has 0 fully saturated rings. The third kappa shape index (κ3) is 61.7. The molecule has 21 nitrogen and oxygen atoms in total. The van der Waals surface area contributed by atoms with Gasteiger partial charge < -0.3 is 48.7 Å². The van der Waals surface area contributed by atoms with Crippen molar-refractivity contribution in [2.45, 2.75) is 451 Å². The first-order valence-corrected chi connectivity index (χ1v) is 47.4. The van der Waals surface area contributed by atoms with Gasteiger partial charge in [0.15, 0.2) is 23.1 Å². The lowest BCUT2D eigenvalue weighted by Gasteiger charge is -2.32. The number of hydrogen-bond donors (Lipinski definition) is 9. The molecule has 2 amide bonds. The van der Waals surface area contributed by atoms with E-state index in [1.807, 2.05) is 190 Å². The minimum atomic E-state index is -0.482. The van der Waals surface area contributed by atoms with Gasteiger partial charge in [0.25, 0.3) is 0 Å². The Morgan fingerprint density at radius 3 is 0.792 bits per heavy atom. The Morgan fingerprint density at radius 1 is 0.304 bits per heavy atom. The van der Waals surface area contributed by atoms with Crippen molar-refractivity contribution in [1.82, 2.24) is 37.2 Å². The van der Waals surface area contributed by atoms with Crippen molar-refractivity contribution in [3.05, 3.63) is 35.9 Å². The van der Waals surface area contributed by atoms with Crippen LogP contribution in [0.1, 0.15) is 392 Å². The Kier molecular flexibility index (Phi) is 58.1. The number of hydrogen-bond acceptors (Lipinski definition) is 19. The zero-order valence-corrected chi connectivity index (χ0v) is 87.9. The lowest BCUT2D eigenvalue weighted by atomic mass is 9.77. The summed E-state index contributed by atoms with van der Waals surface area (Å²) >= 11 is 0. The average Bonchev–Trinajstić information content (AvgIpc) is 0.848. The Balaban J connectivity index is -0.000000735. The summed E-state index contributed by atoms with van der Waals surface area (Å²) in [7, 11) is 0. The van der Waals surface area contributed by atoms with Crippen LogP contribution in [0.25, 0.3) is 0 Å². The minimum Gasteiger partial charge on any atom is -0.356 e. The van der Waals surface area contributed by atoms with Crippen LogP contribution in [0, 0.1) is 80.3 Å². The topological polar surface area (TPSA) is 341 Å². The Bertz CT molecular complexity index is 3360. The summed E-state index contributed by atoms with van der Waals surface area (Å²) in [4.78, 5) is 150. The number of rotatable bonds is 48. The van der Waals surface area contributed by atoms with Crippen molar-refractivity contribution in [2.75, 3.05) is 26.2 Å². The number of amides is 2. The lowest BCUT2D eigenvalue weighted by Crippen LogP contribution is -2.51. The fraction of sp³-hybridized carbons (Fsp3) is 0.827. The Hall–Kier alpha value is -5.42. The molecule has 0 bridgehead atoms. The van der Waals surface area contributed by atoms with E-state index in [2.05, 4.69) is 148 Å². The summed E-state index contributed by atoms with van der Waals surface area (Å²) in [5.74, 6) is 0.930. The molecule has 0 aromatic heterocycles. The highest BCUT2D eigenvalue weighted by atomic mass is 16.2. The number of ketones is 10. The number of nitrogens with one attached hydrogen (secondary N) is 7. The number of carbonyl (C=O) groups excluding carboxylic acids is 12. The maximum Gasteiger partial charge on any atom is 0.216 e. The SMILES string of the molecule is CC(=O)NCCC[C@H](CC(=O)[C@@H](NC(C)(C)C)C(C)C)C(=O)C(C)(C)C.CC(=O)NCCC[C@H](CC(=O)[C@H](CC(C)C)NC(C)(C)C)C(=O)C(C)(C)C.CC(C)(C)NC(Cc1ccccc1)C(=O)C[C@@H](CCCCN)C(=O)C(C)(C)C.CC(C)C(NC(C)(C)C)C(=O)C[C@@H](C)C(=O)C(C)(C)C.CC(C)C(NC(C)(C)C)C(=O)C[C@@H](CCCCN)C(=O)C(C)(C)C. The van der Waals surface area contributed by atoms with Crippen LogP contribution in [0.4, 0.5) is 0 Å². The van der Waals surface area contributed by atoms with Crippen molar-refractivity contribution in [3.8, 4) is 0 Å². The van der Waals surface area contributed by atoms with E-state index >= 15 is 0 Å². The third-order valence-corrected chi connectivity index (χ3v) is 20.9. The highest BCUT2D eigenvalue weighted by molar-refractivity contribution is 5.96. The monoisotopic (exact) mass is 1760 g/mol. The number of carbonyl (C=O) groups is 12. The molecule has 0 heterocycles. The van der Waals surface area contributed by atoms with E-state index in [1.165, 1.54) is 13.8 Å². The van der Waals surface area contributed by atoms with Crippen molar-refractivity contribution < 1.29 is 57.5 Å². The van der Waals surface area contributed by atoms with E-state index in [-0.39, 0.29) is 193 Å². The van der Waals surface area contributed by atoms with Gasteiger partial charge in [-0.2, -0.15) is 0 Å². The second-order valence-electron chi connectivity index (χ2n) is 47.5. The van der Waals surface area contributed by atoms with Gasteiger partial charge in [0.2, 0.25) is 11.8 Å². The van der Waals surface area contributed by atoms with Crippen LogP contribution < -0.4 is 48.7 Å². The first-order valence-electron chi connectivity index (χ1n) is 47.4. The molecule has 0 aliphatic rings. The Labute approximate surface area is 765 Å². The predicted molar refractivity (Wildman–Crippen MR) is 523 cm³/mol. The number of benzene rings is 1. The van der Waals surface area contributed by atoms with Gasteiger partial charge in [0, 0.05) is 143 Å². The molecule has 728 valence electrons. The second-order valence-corrected chi connectivity index (χ2v) is 47.5. The fourth-order valence-electron chi connectivity index (χ4n) is 15.0. The van der Waals surface area contributed by atoms with Crippen LogP contribution in [-0.4, -0.2) is 154 Å². The van der Waals surface area contributed by atoms with Crippen LogP contribution in [0.3, 0.4) is 0 Å². The van der Waals surface area contributed by atoms with Gasteiger partial charge in [-0.05, 0) is 210 Å². The van der Waals surface area contributed by atoms with Gasteiger partial charge in [-0.3, -0.25) is 57.5 Å². The van der Waals surface area contributed by atoms with Gasteiger partial charge in [-0.1, -0.05) is 209 Å². The van der Waals surface area contributed by atoms with Crippen LogP contribution in [0.2, 0.25) is 0 Å². The Morgan fingerprint density at radius 2 is 0.552 bits per heavy atom. The van der Waals surface area contributed by atoms with Crippen LogP contribution in [0.5, 0.6) is 0 Å². The number of unbranched alkanes of at least 4 members (excludes halogenated alkanes) is 2. The van der Waals surface area contributed by atoms with Crippen molar-refractivity contribution in [2.24, 2.45) is 91.8 Å². The highest BCUT2D eigenvalue weighted by Gasteiger charge is 2.40. The van der Waals surface area contributed by atoms with E-state index in [9.17, 15) is 57.5 Å². The molecule has 0 saturated heterocycles. The van der Waals surface area contributed by atoms with Crippen LogP contribution in [-0.2, 0) is 64.0 Å². The largest absolute Gasteiger partial charge is 0.356 e. The molecule has 0 radical (unpaired) electrons. The summed E-state index contributed by atoms with van der Waals surface area (Å²) in [6.07, 6.45) is 10.5. The fourth-order valence-corrected chi connectivity index (χ4v) is 15.0. The van der Waals surface area contributed by atoms with Crippen molar-refractivity contribution >= 4 is 69.6 Å². The molecule has 1 aromatic rings. The lowest BCUT2D eigenvalue weighted by molar-refractivity contribution is -0.134. The highest BCUT2D eigenvalue weighted by Crippen LogP contribution is 2.33. The molecule has 1 rings (SSSR count). The molecular weight excluding hydrogens is 1570 g/mol. The molecule has 10 atom stereocenters. The second kappa shape index (κ2) is 57.7. The molecule has 21 heteroatoms. The number of nitrogens with two attached hydrogens (primary N) is 2. The molecule has 3 unspecified atom stereocenters. The molecular formula is C104H195N9O12. The number of Topliss-reactive ketones (excluding diaryl/α,β-unsaturated/α-hetero) is 10. The molecule has 0 aliphatic heterocycles. The van der Waals surface area contributed by atoms with Gasteiger partial charge >= 0.3 is 0 Å². The van der Waals surface area contributed by atoms with E-state index in [0.29, 0.717) is 83.5 Å². The van der Waals surface area contributed by atoms with E-state index in [4.69, 9.17) is 11.5 Å². The standard InChI is InChI=1S/C24H40N2O2.C22H42N2O3.C21H40N2O3.C20H40N2O2.C17H33NO2/c1-23(2,3)22(28)19(14-10-11-15-25)17-21(27)20(26-24(4,5)6)16-18-12-8-7-9-13-18;1-15(2)13-18(24-22(7,8)9)19(26)14-17(20(27)21(4,5)6)11-10-12-23-16(3)25;1-14(2)18(23-21(7,8)9)17(25)13-16(19(26)20(4,5)6)11-10-12-22-15(3)24;1-14(2)17(22-20(6,7)8)16(23)13-15(11-9-10-12-21)18(24)19(3,4)5;1-11(2)14(18-17(7,8)9)13(19)10-12(3)15(20)16(4,5)6/h7-9,12-13,19-20,26H,10-11,14-17,25H2,1-6H3;15,17-18,24H,10-14H2,1-9H3,(H,23,25);14,16,18,23H,10-13H2,1-9H3,(H,22,24);14-15,17,22H,9-13,21H2,1-8H3;11-12,14,18H,10H2,1-9H3/t19-,20?;17-,18+;16-,18+;15-,17?;12-,14?/m11111/s1. The zero-order chi connectivity index (χ0) is 98.9. The smallest absolute Gasteiger partial charge is 0.216 e.